The van der Waals surface area contributed by atoms with Crippen LogP contribution in [0.1, 0.15) is 53.4 Å². The van der Waals surface area contributed by atoms with Crippen LogP contribution in [-0.2, 0) is 0 Å². The predicted octanol–water partition coefficient (Wildman–Crippen LogP) is 3.13. The van der Waals surface area contributed by atoms with Crippen LogP contribution < -0.4 is 5.32 Å². The predicted molar refractivity (Wildman–Crippen MR) is 78.8 cm³/mol. The van der Waals surface area contributed by atoms with Gasteiger partial charge in [-0.15, -0.1) is 0 Å². The van der Waals surface area contributed by atoms with E-state index < -0.39 is 0 Å². The Kier molecular flexibility index (Phi) is 4.71. The molecular weight excluding hydrogens is 220 g/mol. The molecular formula is C16H32N2. The van der Waals surface area contributed by atoms with Crippen molar-refractivity contribution in [3.63, 3.8) is 0 Å². The summed E-state index contributed by atoms with van der Waals surface area (Å²) in [5, 5.41) is 3.74. The quantitative estimate of drug-likeness (QED) is 0.812. The van der Waals surface area contributed by atoms with Crippen LogP contribution >= 0.6 is 0 Å². The molecule has 0 aromatic rings. The molecule has 0 aromatic carbocycles. The Bertz CT molecular complexity index is 256. The summed E-state index contributed by atoms with van der Waals surface area (Å²) in [7, 11) is 0. The molecule has 1 heterocycles. The van der Waals surface area contributed by atoms with Gasteiger partial charge in [-0.3, -0.25) is 0 Å². The maximum Gasteiger partial charge on any atom is 0.0243 e. The highest BCUT2D eigenvalue weighted by molar-refractivity contribution is 4.87. The molecule has 106 valence electrons. The lowest BCUT2D eigenvalue weighted by Crippen LogP contribution is -2.47. The van der Waals surface area contributed by atoms with E-state index >= 15 is 0 Å². The van der Waals surface area contributed by atoms with E-state index in [-0.39, 0.29) is 0 Å². The first-order valence-corrected chi connectivity index (χ1v) is 7.91. The molecule has 1 saturated heterocycles. The molecule has 1 saturated carbocycles. The van der Waals surface area contributed by atoms with Crippen LogP contribution in [0.15, 0.2) is 0 Å². The molecule has 3 atom stereocenters. The van der Waals surface area contributed by atoms with E-state index in [2.05, 4.69) is 37.9 Å². The largest absolute Gasteiger partial charge is 0.312 e. The Labute approximate surface area is 114 Å². The maximum atomic E-state index is 3.74. The molecule has 0 bridgehead atoms. The van der Waals surface area contributed by atoms with Crippen LogP contribution in [0.25, 0.3) is 0 Å². The number of nitrogens with one attached hydrogen (secondary N) is 1. The lowest BCUT2D eigenvalue weighted by molar-refractivity contribution is 0.177. The van der Waals surface area contributed by atoms with Gasteiger partial charge in [0.1, 0.15) is 0 Å². The topological polar surface area (TPSA) is 15.3 Å². The molecule has 3 unspecified atom stereocenters. The van der Waals surface area contributed by atoms with Gasteiger partial charge < -0.3 is 10.2 Å². The molecule has 0 spiro atoms. The van der Waals surface area contributed by atoms with Crippen molar-refractivity contribution in [1.82, 2.24) is 10.2 Å². The van der Waals surface area contributed by atoms with Crippen molar-refractivity contribution in [2.24, 2.45) is 17.3 Å². The minimum Gasteiger partial charge on any atom is -0.312 e. The van der Waals surface area contributed by atoms with Crippen molar-refractivity contribution >= 4 is 0 Å². The van der Waals surface area contributed by atoms with E-state index in [4.69, 9.17) is 0 Å². The average Bonchev–Trinajstić information content (AvgIpc) is 2.53. The van der Waals surface area contributed by atoms with Crippen LogP contribution in [0.2, 0.25) is 0 Å². The Morgan fingerprint density at radius 1 is 1.22 bits per heavy atom. The van der Waals surface area contributed by atoms with Crippen molar-refractivity contribution in [3.05, 3.63) is 0 Å². The fourth-order valence-electron chi connectivity index (χ4n) is 3.59. The van der Waals surface area contributed by atoms with Crippen LogP contribution in [0.3, 0.4) is 0 Å². The molecule has 1 N–H and O–H groups in total. The van der Waals surface area contributed by atoms with Crippen molar-refractivity contribution < 1.29 is 0 Å². The van der Waals surface area contributed by atoms with E-state index in [0.29, 0.717) is 11.5 Å². The monoisotopic (exact) mass is 252 g/mol. The lowest BCUT2D eigenvalue weighted by atomic mass is 9.86. The second-order valence-electron chi connectivity index (χ2n) is 7.77. The molecule has 2 fully saturated rings. The first kappa shape index (κ1) is 14.3. The molecule has 18 heavy (non-hydrogen) atoms. The average molecular weight is 252 g/mol. The van der Waals surface area contributed by atoms with Gasteiger partial charge in [-0.1, -0.05) is 34.1 Å². The molecule has 0 radical (unpaired) electrons. The number of hydrogen-bond acceptors (Lipinski definition) is 2. The summed E-state index contributed by atoms with van der Waals surface area (Å²) < 4.78 is 0. The summed E-state index contributed by atoms with van der Waals surface area (Å²) >= 11 is 0. The third kappa shape index (κ3) is 3.96. The second kappa shape index (κ2) is 5.92. The zero-order valence-corrected chi connectivity index (χ0v) is 12.8. The normalized spacial score (nSPS) is 35.7. The lowest BCUT2D eigenvalue weighted by Gasteiger charge is -2.34. The summed E-state index contributed by atoms with van der Waals surface area (Å²) in [5.41, 5.74) is 0.381. The van der Waals surface area contributed by atoms with E-state index in [0.717, 1.165) is 11.8 Å². The smallest absolute Gasteiger partial charge is 0.0243 e. The SMILES string of the molecule is CC1CCC(CN2CCCNC(C(C)(C)C)C2)C1. The van der Waals surface area contributed by atoms with Crippen molar-refractivity contribution in [2.45, 2.75) is 59.4 Å². The Morgan fingerprint density at radius 2 is 2.00 bits per heavy atom. The molecule has 1 aliphatic heterocycles. The zero-order valence-electron chi connectivity index (χ0n) is 12.8. The summed E-state index contributed by atoms with van der Waals surface area (Å²) in [6.07, 6.45) is 5.70. The van der Waals surface area contributed by atoms with Gasteiger partial charge in [0.2, 0.25) is 0 Å². The van der Waals surface area contributed by atoms with E-state index in [9.17, 15) is 0 Å². The molecule has 2 rings (SSSR count). The van der Waals surface area contributed by atoms with Crippen molar-refractivity contribution in [3.8, 4) is 0 Å². The van der Waals surface area contributed by atoms with Gasteiger partial charge in [0, 0.05) is 19.1 Å². The summed E-state index contributed by atoms with van der Waals surface area (Å²) in [5.74, 6) is 1.94. The third-order valence-electron chi connectivity index (χ3n) is 4.85. The number of hydrogen-bond donors (Lipinski definition) is 1. The highest BCUT2D eigenvalue weighted by Crippen LogP contribution is 2.31. The fourth-order valence-corrected chi connectivity index (χ4v) is 3.59. The first-order valence-electron chi connectivity index (χ1n) is 7.91. The zero-order chi connectivity index (χ0) is 13.2. The van der Waals surface area contributed by atoms with Gasteiger partial charge in [0.05, 0.1) is 0 Å². The molecule has 2 nitrogen and oxygen atoms in total. The Balaban J connectivity index is 1.87. The molecule has 2 heteroatoms. The van der Waals surface area contributed by atoms with Gasteiger partial charge in [0.25, 0.3) is 0 Å². The minimum absolute atomic E-state index is 0.381. The van der Waals surface area contributed by atoms with Crippen LogP contribution in [0.5, 0.6) is 0 Å². The van der Waals surface area contributed by atoms with Gasteiger partial charge in [-0.05, 0) is 49.6 Å². The van der Waals surface area contributed by atoms with Crippen LogP contribution in [0, 0.1) is 17.3 Å². The molecule has 1 aliphatic carbocycles. The van der Waals surface area contributed by atoms with Gasteiger partial charge in [-0.2, -0.15) is 0 Å². The first-order chi connectivity index (χ1) is 8.45. The van der Waals surface area contributed by atoms with Crippen LogP contribution in [0.4, 0.5) is 0 Å². The Hall–Kier alpha value is -0.0800. The van der Waals surface area contributed by atoms with E-state index in [1.165, 1.54) is 51.9 Å². The van der Waals surface area contributed by atoms with Gasteiger partial charge in [-0.25, -0.2) is 0 Å². The van der Waals surface area contributed by atoms with Gasteiger partial charge >= 0.3 is 0 Å². The van der Waals surface area contributed by atoms with E-state index in [1.807, 2.05) is 0 Å². The fraction of sp³-hybridized carbons (Fsp3) is 1.00. The van der Waals surface area contributed by atoms with Crippen LogP contribution in [-0.4, -0.2) is 37.1 Å². The summed E-state index contributed by atoms with van der Waals surface area (Å²) in [6.45, 7) is 14.6. The molecule has 0 aromatic heterocycles. The molecule has 0 amide bonds. The minimum atomic E-state index is 0.381. The highest BCUT2D eigenvalue weighted by atomic mass is 15.2. The van der Waals surface area contributed by atoms with Crippen molar-refractivity contribution in [1.29, 1.82) is 0 Å². The number of rotatable bonds is 2. The molecule has 2 aliphatic rings. The van der Waals surface area contributed by atoms with E-state index in [1.54, 1.807) is 0 Å². The standard InChI is InChI=1S/C16H32N2/c1-13-6-7-14(10-13)11-18-9-5-8-17-15(12-18)16(2,3)4/h13-15,17H,5-12H2,1-4H3. The second-order valence-corrected chi connectivity index (χ2v) is 7.77. The highest BCUT2D eigenvalue weighted by Gasteiger charge is 2.30. The maximum absolute atomic E-state index is 3.74. The third-order valence-corrected chi connectivity index (χ3v) is 4.85. The van der Waals surface area contributed by atoms with Crippen molar-refractivity contribution in [2.75, 3.05) is 26.2 Å². The summed E-state index contributed by atoms with van der Waals surface area (Å²) in [4.78, 5) is 2.73. The number of nitrogens with zero attached hydrogens (tertiary/aromatic N) is 1. The van der Waals surface area contributed by atoms with Gasteiger partial charge in [0.15, 0.2) is 0 Å². The Morgan fingerprint density at radius 3 is 2.61 bits per heavy atom. The summed E-state index contributed by atoms with van der Waals surface area (Å²) in [6, 6.07) is 0.652.